The minimum Gasteiger partial charge on any atom is -0.487 e. The fourth-order valence-electron chi connectivity index (χ4n) is 1.74. The lowest BCUT2D eigenvalue weighted by molar-refractivity contribution is 0.253. The Kier molecular flexibility index (Phi) is 4.49. The van der Waals surface area contributed by atoms with Gasteiger partial charge in [-0.05, 0) is 30.2 Å². The molecular formula is C15H17NO3. The molecule has 0 amide bonds. The molecule has 0 spiro atoms. The molecule has 0 saturated heterocycles. The van der Waals surface area contributed by atoms with Gasteiger partial charge in [-0.25, -0.2) is 0 Å². The first-order valence-electron chi connectivity index (χ1n) is 6.12. The maximum Gasteiger partial charge on any atom is 0.143 e. The second-order valence-corrected chi connectivity index (χ2v) is 4.32. The van der Waals surface area contributed by atoms with Crippen LogP contribution in [0.1, 0.15) is 22.5 Å². The molecule has 2 N–H and O–H groups in total. The zero-order valence-corrected chi connectivity index (χ0v) is 10.8. The first-order chi connectivity index (χ1) is 9.22. The van der Waals surface area contributed by atoms with Crippen molar-refractivity contribution in [2.45, 2.75) is 26.7 Å². The minimum absolute atomic E-state index is 0.0394. The number of hydrogen-bond donors (Lipinski definition) is 2. The van der Waals surface area contributed by atoms with Gasteiger partial charge in [0.25, 0.3) is 0 Å². The smallest absolute Gasteiger partial charge is 0.143 e. The van der Waals surface area contributed by atoms with Gasteiger partial charge in [0.2, 0.25) is 0 Å². The summed E-state index contributed by atoms with van der Waals surface area (Å²) in [4.78, 5) is 4.22. The summed E-state index contributed by atoms with van der Waals surface area (Å²) in [6.45, 7) is 2.18. The largest absolute Gasteiger partial charge is 0.487 e. The molecule has 0 radical (unpaired) electrons. The molecule has 19 heavy (non-hydrogen) atoms. The molecule has 0 atom stereocenters. The van der Waals surface area contributed by atoms with Gasteiger partial charge in [-0.1, -0.05) is 24.3 Å². The highest BCUT2D eigenvalue weighted by Crippen LogP contribution is 2.18. The number of pyridine rings is 1. The SMILES string of the molecule is Cc1ccc(OCc2ccc(CO)cc2)c(CO)n1. The third kappa shape index (κ3) is 3.53. The van der Waals surface area contributed by atoms with Crippen LogP contribution in [0.3, 0.4) is 0 Å². The molecule has 4 nitrogen and oxygen atoms in total. The first-order valence-corrected chi connectivity index (χ1v) is 6.12. The van der Waals surface area contributed by atoms with Crippen LogP contribution < -0.4 is 4.74 Å². The Hall–Kier alpha value is -1.91. The Labute approximate surface area is 112 Å². The van der Waals surface area contributed by atoms with Crippen LogP contribution >= 0.6 is 0 Å². The van der Waals surface area contributed by atoms with E-state index in [-0.39, 0.29) is 13.2 Å². The number of hydrogen-bond acceptors (Lipinski definition) is 4. The van der Waals surface area contributed by atoms with Gasteiger partial charge in [-0.15, -0.1) is 0 Å². The quantitative estimate of drug-likeness (QED) is 0.861. The molecule has 2 aromatic rings. The number of nitrogens with zero attached hydrogens (tertiary/aromatic N) is 1. The summed E-state index contributed by atoms with van der Waals surface area (Å²) in [6, 6.07) is 11.2. The van der Waals surface area contributed by atoms with Crippen molar-refractivity contribution in [3.8, 4) is 5.75 Å². The predicted molar refractivity (Wildman–Crippen MR) is 71.6 cm³/mol. The summed E-state index contributed by atoms with van der Waals surface area (Å²) in [7, 11) is 0. The van der Waals surface area contributed by atoms with Crippen LogP contribution in [-0.4, -0.2) is 15.2 Å². The lowest BCUT2D eigenvalue weighted by atomic mass is 10.1. The van der Waals surface area contributed by atoms with Crippen LogP contribution in [-0.2, 0) is 19.8 Å². The number of aromatic nitrogens is 1. The third-order valence-electron chi connectivity index (χ3n) is 2.82. The molecular weight excluding hydrogens is 242 g/mol. The lowest BCUT2D eigenvalue weighted by Gasteiger charge is -2.10. The van der Waals surface area contributed by atoms with E-state index in [9.17, 15) is 5.11 Å². The van der Waals surface area contributed by atoms with E-state index in [2.05, 4.69) is 4.98 Å². The molecule has 0 bridgehead atoms. The van der Waals surface area contributed by atoms with Crippen LogP contribution in [0, 0.1) is 6.92 Å². The van der Waals surface area contributed by atoms with Crippen LogP contribution in [0.15, 0.2) is 36.4 Å². The zero-order valence-electron chi connectivity index (χ0n) is 10.8. The van der Waals surface area contributed by atoms with Crippen LogP contribution in [0.2, 0.25) is 0 Å². The Morgan fingerprint density at radius 2 is 1.63 bits per heavy atom. The summed E-state index contributed by atoms with van der Waals surface area (Å²) in [5.74, 6) is 0.597. The van der Waals surface area contributed by atoms with Crippen LogP contribution in [0.5, 0.6) is 5.75 Å². The number of aliphatic hydroxyl groups is 2. The van der Waals surface area contributed by atoms with Crippen molar-refractivity contribution >= 4 is 0 Å². The van der Waals surface area contributed by atoms with Crippen molar-refractivity contribution in [2.75, 3.05) is 0 Å². The molecule has 1 aromatic heterocycles. The number of ether oxygens (including phenoxy) is 1. The highest BCUT2D eigenvalue weighted by molar-refractivity contribution is 5.29. The molecule has 2 rings (SSSR count). The van der Waals surface area contributed by atoms with Gasteiger partial charge in [0.15, 0.2) is 0 Å². The highest BCUT2D eigenvalue weighted by atomic mass is 16.5. The second-order valence-electron chi connectivity index (χ2n) is 4.32. The fraction of sp³-hybridized carbons (Fsp3) is 0.267. The normalized spacial score (nSPS) is 10.5. The van der Waals surface area contributed by atoms with Gasteiger partial charge in [0.05, 0.1) is 13.2 Å². The van der Waals surface area contributed by atoms with Gasteiger partial charge in [-0.3, -0.25) is 4.98 Å². The van der Waals surface area contributed by atoms with E-state index >= 15 is 0 Å². The molecule has 0 saturated carbocycles. The molecule has 100 valence electrons. The summed E-state index contributed by atoms with van der Waals surface area (Å²) < 4.78 is 5.66. The van der Waals surface area contributed by atoms with Crippen LogP contribution in [0.25, 0.3) is 0 Å². The molecule has 0 aliphatic rings. The van der Waals surface area contributed by atoms with Crippen molar-refractivity contribution < 1.29 is 14.9 Å². The van der Waals surface area contributed by atoms with E-state index in [4.69, 9.17) is 9.84 Å². The Morgan fingerprint density at radius 1 is 0.947 bits per heavy atom. The average Bonchev–Trinajstić information content (AvgIpc) is 2.46. The topological polar surface area (TPSA) is 62.6 Å². The maximum atomic E-state index is 9.24. The number of rotatable bonds is 5. The number of aliphatic hydroxyl groups excluding tert-OH is 2. The summed E-state index contributed by atoms with van der Waals surface area (Å²) in [6.07, 6.45) is 0. The summed E-state index contributed by atoms with van der Waals surface area (Å²) >= 11 is 0. The molecule has 1 aromatic carbocycles. The Bertz CT molecular complexity index is 538. The van der Waals surface area contributed by atoms with Crippen LogP contribution in [0.4, 0.5) is 0 Å². The molecule has 4 heteroatoms. The second kappa shape index (κ2) is 6.31. The van der Waals surface area contributed by atoms with E-state index in [1.54, 1.807) is 0 Å². The van der Waals surface area contributed by atoms with E-state index in [0.717, 1.165) is 16.8 Å². The molecule has 0 aliphatic carbocycles. The zero-order chi connectivity index (χ0) is 13.7. The van der Waals surface area contributed by atoms with Gasteiger partial charge in [0, 0.05) is 5.69 Å². The monoisotopic (exact) mass is 259 g/mol. The number of benzene rings is 1. The molecule has 0 aliphatic heterocycles. The summed E-state index contributed by atoms with van der Waals surface area (Å²) in [5, 5.41) is 18.2. The third-order valence-corrected chi connectivity index (χ3v) is 2.82. The fourth-order valence-corrected chi connectivity index (χ4v) is 1.74. The molecule has 0 fully saturated rings. The van der Waals surface area contributed by atoms with Gasteiger partial charge < -0.3 is 14.9 Å². The highest BCUT2D eigenvalue weighted by Gasteiger charge is 2.05. The van der Waals surface area contributed by atoms with Crippen molar-refractivity contribution in [3.63, 3.8) is 0 Å². The van der Waals surface area contributed by atoms with Gasteiger partial charge >= 0.3 is 0 Å². The van der Waals surface area contributed by atoms with E-state index in [1.807, 2.05) is 43.3 Å². The van der Waals surface area contributed by atoms with Gasteiger partial charge in [-0.2, -0.15) is 0 Å². The molecule has 0 unspecified atom stereocenters. The standard InChI is InChI=1S/C15H17NO3/c1-11-2-7-15(14(9-18)16-11)19-10-13-5-3-12(8-17)4-6-13/h2-7,17-18H,8-10H2,1H3. The number of aryl methyl sites for hydroxylation is 1. The van der Waals surface area contributed by atoms with Crippen molar-refractivity contribution in [1.29, 1.82) is 0 Å². The van der Waals surface area contributed by atoms with Gasteiger partial charge in [0.1, 0.15) is 18.1 Å². The Morgan fingerprint density at radius 3 is 2.26 bits per heavy atom. The summed E-state index contributed by atoms with van der Waals surface area (Å²) in [5.41, 5.74) is 3.27. The average molecular weight is 259 g/mol. The van der Waals surface area contributed by atoms with Crippen molar-refractivity contribution in [1.82, 2.24) is 4.98 Å². The van der Waals surface area contributed by atoms with E-state index in [1.165, 1.54) is 0 Å². The predicted octanol–water partition coefficient (Wildman–Crippen LogP) is 1.95. The maximum absolute atomic E-state index is 9.24. The minimum atomic E-state index is -0.138. The van der Waals surface area contributed by atoms with Crippen molar-refractivity contribution in [3.05, 3.63) is 58.9 Å². The molecule has 1 heterocycles. The Balaban J connectivity index is 2.05. The lowest BCUT2D eigenvalue weighted by Crippen LogP contribution is -2.01. The first kappa shape index (κ1) is 13.5. The van der Waals surface area contributed by atoms with E-state index in [0.29, 0.717) is 18.1 Å². The van der Waals surface area contributed by atoms with Crippen molar-refractivity contribution in [2.24, 2.45) is 0 Å². The van der Waals surface area contributed by atoms with E-state index < -0.39 is 0 Å².